The zero-order valence-electron chi connectivity index (χ0n) is 8.16. The van der Waals surface area contributed by atoms with Gasteiger partial charge in [0.25, 0.3) is 0 Å². The van der Waals surface area contributed by atoms with Gasteiger partial charge in [-0.15, -0.1) is 0 Å². The molecule has 0 amide bonds. The van der Waals surface area contributed by atoms with Crippen LogP contribution in [0.5, 0.6) is 0 Å². The van der Waals surface area contributed by atoms with Gasteiger partial charge < -0.3 is 0 Å². The van der Waals surface area contributed by atoms with Gasteiger partial charge in [0.15, 0.2) is 0 Å². The molecule has 1 aromatic carbocycles. The van der Waals surface area contributed by atoms with E-state index in [4.69, 9.17) is 0 Å². The molecule has 0 radical (unpaired) electrons. The van der Waals surface area contributed by atoms with E-state index in [2.05, 4.69) is 9.97 Å². The maximum absolute atomic E-state index is 12.9. The van der Waals surface area contributed by atoms with E-state index in [1.165, 1.54) is 12.1 Å². The highest BCUT2D eigenvalue weighted by Crippen LogP contribution is 2.15. The van der Waals surface area contributed by atoms with E-state index in [1.807, 2.05) is 13.8 Å². The zero-order valence-corrected chi connectivity index (χ0v) is 8.16. The van der Waals surface area contributed by atoms with Crippen LogP contribution in [0.4, 0.5) is 4.39 Å². The quantitative estimate of drug-likeness (QED) is 0.691. The van der Waals surface area contributed by atoms with Gasteiger partial charge >= 0.3 is 0 Å². The topological polar surface area (TPSA) is 25.8 Å². The number of hydrogen-bond acceptors (Lipinski definition) is 2. The summed E-state index contributed by atoms with van der Waals surface area (Å²) in [5, 5.41) is 0.871. The van der Waals surface area contributed by atoms with Crippen LogP contribution in [-0.4, -0.2) is 9.97 Å². The molecule has 0 spiro atoms. The summed E-state index contributed by atoms with van der Waals surface area (Å²) in [5.74, 6) is 0.761. The maximum Gasteiger partial charge on any atom is 0.131 e. The molecule has 3 heteroatoms. The third-order valence-corrected chi connectivity index (χ3v) is 2.08. The number of fused-ring (bicyclic) bond motifs is 1. The zero-order chi connectivity index (χ0) is 10.1. The van der Waals surface area contributed by atoms with Crippen LogP contribution in [0.1, 0.15) is 25.6 Å². The Bertz CT molecular complexity index is 466. The van der Waals surface area contributed by atoms with Crippen LogP contribution in [0, 0.1) is 5.82 Å². The highest BCUT2D eigenvalue weighted by atomic mass is 19.1. The lowest BCUT2D eigenvalue weighted by atomic mass is 10.2. The van der Waals surface area contributed by atoms with Crippen molar-refractivity contribution >= 4 is 10.9 Å². The van der Waals surface area contributed by atoms with Crippen molar-refractivity contribution in [3.8, 4) is 0 Å². The van der Waals surface area contributed by atoms with Crippen LogP contribution >= 0.6 is 0 Å². The van der Waals surface area contributed by atoms with E-state index in [9.17, 15) is 4.39 Å². The monoisotopic (exact) mass is 190 g/mol. The molecule has 2 nitrogen and oxygen atoms in total. The summed E-state index contributed by atoms with van der Waals surface area (Å²) in [7, 11) is 0. The lowest BCUT2D eigenvalue weighted by Crippen LogP contribution is -1.97. The number of aromatic nitrogens is 2. The molecule has 72 valence electrons. The predicted octanol–water partition coefficient (Wildman–Crippen LogP) is 2.89. The van der Waals surface area contributed by atoms with E-state index >= 15 is 0 Å². The molecule has 0 atom stereocenters. The summed E-state index contributed by atoms with van der Waals surface area (Å²) in [5.41, 5.74) is 0.670. The summed E-state index contributed by atoms with van der Waals surface area (Å²) in [6.45, 7) is 4.03. The lowest BCUT2D eigenvalue weighted by molar-refractivity contribution is 0.629. The van der Waals surface area contributed by atoms with Gasteiger partial charge in [0, 0.05) is 23.6 Å². The summed E-state index contributed by atoms with van der Waals surface area (Å²) in [6, 6.07) is 4.54. The van der Waals surface area contributed by atoms with Crippen LogP contribution in [-0.2, 0) is 0 Å². The molecule has 0 aliphatic heterocycles. The first-order chi connectivity index (χ1) is 6.66. The fourth-order valence-electron chi connectivity index (χ4n) is 1.29. The average Bonchev–Trinajstić information content (AvgIpc) is 2.16. The van der Waals surface area contributed by atoms with Gasteiger partial charge in [0.2, 0.25) is 0 Å². The minimum atomic E-state index is -0.258. The van der Waals surface area contributed by atoms with Crippen molar-refractivity contribution in [3.05, 3.63) is 36.0 Å². The molecule has 14 heavy (non-hydrogen) atoms. The van der Waals surface area contributed by atoms with Crippen LogP contribution in [0.15, 0.2) is 24.4 Å². The standard InChI is InChI=1S/C11H11FN2/c1-7(2)11-13-6-8-3-4-9(12)5-10(8)14-11/h3-7H,1-2H3. The number of hydrogen-bond donors (Lipinski definition) is 0. The Kier molecular flexibility index (Phi) is 2.15. The van der Waals surface area contributed by atoms with Gasteiger partial charge in [-0.25, -0.2) is 14.4 Å². The molecule has 2 aromatic rings. The van der Waals surface area contributed by atoms with Gasteiger partial charge in [-0.05, 0) is 12.1 Å². The molecule has 0 N–H and O–H groups in total. The van der Waals surface area contributed by atoms with Crippen molar-refractivity contribution in [1.82, 2.24) is 9.97 Å². The van der Waals surface area contributed by atoms with E-state index in [1.54, 1.807) is 12.3 Å². The summed E-state index contributed by atoms with van der Waals surface area (Å²) in [4.78, 5) is 8.49. The molecule has 0 aliphatic carbocycles. The Morgan fingerprint density at radius 2 is 2.07 bits per heavy atom. The minimum absolute atomic E-state index is 0.258. The maximum atomic E-state index is 12.9. The second kappa shape index (κ2) is 3.33. The van der Waals surface area contributed by atoms with Gasteiger partial charge in [-0.2, -0.15) is 0 Å². The fraction of sp³-hybridized carbons (Fsp3) is 0.273. The molecule has 1 heterocycles. The fourth-order valence-corrected chi connectivity index (χ4v) is 1.29. The van der Waals surface area contributed by atoms with Crippen molar-refractivity contribution < 1.29 is 4.39 Å². The van der Waals surface area contributed by atoms with Crippen LogP contribution in [0.25, 0.3) is 10.9 Å². The van der Waals surface area contributed by atoms with Gasteiger partial charge in [-0.1, -0.05) is 13.8 Å². The van der Waals surface area contributed by atoms with Crippen molar-refractivity contribution in [1.29, 1.82) is 0 Å². The second-order valence-corrected chi connectivity index (χ2v) is 3.59. The number of halogens is 1. The third kappa shape index (κ3) is 1.58. The molecule has 0 unspecified atom stereocenters. The SMILES string of the molecule is CC(C)c1ncc2ccc(F)cc2n1. The van der Waals surface area contributed by atoms with Crippen LogP contribution < -0.4 is 0 Å². The van der Waals surface area contributed by atoms with Crippen molar-refractivity contribution in [3.63, 3.8) is 0 Å². The molecule has 0 bridgehead atoms. The minimum Gasteiger partial charge on any atom is -0.240 e. The first-order valence-electron chi connectivity index (χ1n) is 4.59. The average molecular weight is 190 g/mol. The summed E-state index contributed by atoms with van der Waals surface area (Å²) >= 11 is 0. The van der Waals surface area contributed by atoms with Crippen molar-refractivity contribution in [2.24, 2.45) is 0 Å². The Morgan fingerprint density at radius 1 is 1.29 bits per heavy atom. The molecule has 0 aliphatic rings. The van der Waals surface area contributed by atoms with Crippen LogP contribution in [0.2, 0.25) is 0 Å². The largest absolute Gasteiger partial charge is 0.240 e. The van der Waals surface area contributed by atoms with E-state index in [0.29, 0.717) is 5.52 Å². The van der Waals surface area contributed by atoms with E-state index < -0.39 is 0 Å². The first-order valence-corrected chi connectivity index (χ1v) is 4.59. The number of benzene rings is 1. The molecule has 1 aromatic heterocycles. The summed E-state index contributed by atoms with van der Waals surface area (Å²) in [6.07, 6.45) is 1.73. The molecule has 2 rings (SSSR count). The predicted molar refractivity (Wildman–Crippen MR) is 53.6 cm³/mol. The third-order valence-electron chi connectivity index (χ3n) is 2.08. The Labute approximate surface area is 81.8 Å². The van der Waals surface area contributed by atoms with E-state index in [0.717, 1.165) is 11.2 Å². The Morgan fingerprint density at radius 3 is 2.79 bits per heavy atom. The highest BCUT2D eigenvalue weighted by molar-refractivity contribution is 5.77. The molecular formula is C11H11FN2. The van der Waals surface area contributed by atoms with Crippen molar-refractivity contribution in [2.45, 2.75) is 19.8 Å². The molecule has 0 saturated heterocycles. The van der Waals surface area contributed by atoms with Crippen molar-refractivity contribution in [2.75, 3.05) is 0 Å². The van der Waals surface area contributed by atoms with Crippen LogP contribution in [0.3, 0.4) is 0 Å². The van der Waals surface area contributed by atoms with E-state index in [-0.39, 0.29) is 11.7 Å². The van der Waals surface area contributed by atoms with Gasteiger partial charge in [0.1, 0.15) is 11.6 Å². The molecule has 0 fully saturated rings. The summed E-state index contributed by atoms with van der Waals surface area (Å²) < 4.78 is 12.9. The van der Waals surface area contributed by atoms with Gasteiger partial charge in [-0.3, -0.25) is 0 Å². The lowest BCUT2D eigenvalue weighted by Gasteiger charge is -2.04. The number of rotatable bonds is 1. The molecule has 0 saturated carbocycles. The molecular weight excluding hydrogens is 179 g/mol. The number of nitrogens with zero attached hydrogens (tertiary/aromatic N) is 2. The highest BCUT2D eigenvalue weighted by Gasteiger charge is 2.04. The second-order valence-electron chi connectivity index (χ2n) is 3.59. The van der Waals surface area contributed by atoms with Gasteiger partial charge in [0.05, 0.1) is 5.52 Å². The smallest absolute Gasteiger partial charge is 0.131 e. The first kappa shape index (κ1) is 9.06. The Balaban J connectivity index is 2.63. The normalized spacial score (nSPS) is 11.1. The Hall–Kier alpha value is -1.51.